The lowest BCUT2D eigenvalue weighted by molar-refractivity contribution is 0.565. The van der Waals surface area contributed by atoms with E-state index in [0.29, 0.717) is 5.92 Å². The molecular formula is C12H13BrN2S. The lowest BCUT2D eigenvalue weighted by atomic mass is 10.0. The third-order valence-corrected chi connectivity index (χ3v) is 4.46. The van der Waals surface area contributed by atoms with Crippen molar-refractivity contribution in [3.05, 3.63) is 28.7 Å². The molecule has 0 amide bonds. The largest absolute Gasteiger partial charge is 0.370 e. The number of halogens is 1. The summed E-state index contributed by atoms with van der Waals surface area (Å²) in [6, 6.07) is 10.3. The molecule has 1 aliphatic rings. The summed E-state index contributed by atoms with van der Waals surface area (Å²) in [6.07, 6.45) is 1.15. The number of nitrogens with zero attached hydrogens (tertiary/aromatic N) is 1. The summed E-state index contributed by atoms with van der Waals surface area (Å²) in [7, 11) is 0. The number of nitrogens with one attached hydrogen (secondary N) is 1. The van der Waals surface area contributed by atoms with Crippen molar-refractivity contribution in [3.8, 4) is 6.07 Å². The van der Waals surface area contributed by atoms with Gasteiger partial charge in [-0.2, -0.15) is 17.0 Å². The Balaban J connectivity index is 2.01. The van der Waals surface area contributed by atoms with Crippen molar-refractivity contribution in [2.24, 2.45) is 5.92 Å². The summed E-state index contributed by atoms with van der Waals surface area (Å²) in [5.41, 5.74) is 1.02. The fourth-order valence-electron chi connectivity index (χ4n) is 1.80. The second-order valence-electron chi connectivity index (χ2n) is 3.88. The van der Waals surface area contributed by atoms with Gasteiger partial charge in [-0.1, -0.05) is 15.9 Å². The summed E-state index contributed by atoms with van der Waals surface area (Å²) in [5, 5.41) is 12.5. The number of benzene rings is 1. The Morgan fingerprint density at radius 3 is 2.75 bits per heavy atom. The lowest BCUT2D eigenvalue weighted by Crippen LogP contribution is -2.27. The van der Waals surface area contributed by atoms with E-state index >= 15 is 0 Å². The highest BCUT2D eigenvalue weighted by Crippen LogP contribution is 2.28. The smallest absolute Gasteiger partial charge is 0.118 e. The zero-order valence-corrected chi connectivity index (χ0v) is 11.2. The summed E-state index contributed by atoms with van der Waals surface area (Å²) in [6.45, 7) is 0. The summed E-state index contributed by atoms with van der Waals surface area (Å²) < 4.78 is 1.06. The van der Waals surface area contributed by atoms with E-state index in [2.05, 4.69) is 27.3 Å². The molecule has 1 aliphatic heterocycles. The summed E-state index contributed by atoms with van der Waals surface area (Å²) >= 11 is 5.34. The highest BCUT2D eigenvalue weighted by atomic mass is 79.9. The Bertz CT molecular complexity index is 379. The second-order valence-corrected chi connectivity index (χ2v) is 5.95. The molecule has 16 heavy (non-hydrogen) atoms. The second kappa shape index (κ2) is 5.60. The normalized spacial score (nSPS) is 21.4. The number of anilines is 1. The lowest BCUT2D eigenvalue weighted by Gasteiger charge is -2.18. The van der Waals surface area contributed by atoms with Gasteiger partial charge in [-0.15, -0.1) is 0 Å². The van der Waals surface area contributed by atoms with Gasteiger partial charge in [0.15, 0.2) is 0 Å². The van der Waals surface area contributed by atoms with Gasteiger partial charge in [0.25, 0.3) is 0 Å². The van der Waals surface area contributed by atoms with Crippen LogP contribution in [0.2, 0.25) is 0 Å². The third kappa shape index (κ3) is 2.93. The van der Waals surface area contributed by atoms with Gasteiger partial charge >= 0.3 is 0 Å². The first-order chi connectivity index (χ1) is 7.79. The predicted molar refractivity (Wildman–Crippen MR) is 72.6 cm³/mol. The zero-order chi connectivity index (χ0) is 11.4. The molecule has 1 aromatic rings. The van der Waals surface area contributed by atoms with Crippen LogP contribution >= 0.6 is 27.7 Å². The van der Waals surface area contributed by atoms with Gasteiger partial charge < -0.3 is 5.32 Å². The number of nitriles is 1. The van der Waals surface area contributed by atoms with Gasteiger partial charge in [0, 0.05) is 16.1 Å². The molecule has 0 aliphatic carbocycles. The van der Waals surface area contributed by atoms with Crippen LogP contribution in [0.25, 0.3) is 0 Å². The minimum absolute atomic E-state index is 0.0591. The summed E-state index contributed by atoms with van der Waals surface area (Å²) in [5.74, 6) is 2.77. The Kier molecular flexibility index (Phi) is 4.14. The predicted octanol–water partition coefficient (Wildman–Crippen LogP) is 3.51. The molecule has 4 heteroatoms. The third-order valence-electron chi connectivity index (χ3n) is 2.74. The van der Waals surface area contributed by atoms with E-state index in [9.17, 15) is 5.26 Å². The molecule has 1 N–H and O–H groups in total. The van der Waals surface area contributed by atoms with Crippen molar-refractivity contribution >= 4 is 33.4 Å². The van der Waals surface area contributed by atoms with Crippen LogP contribution in [0.5, 0.6) is 0 Å². The topological polar surface area (TPSA) is 35.8 Å². The number of thioether (sulfide) groups is 1. The molecule has 84 valence electrons. The fourth-order valence-corrected chi connectivity index (χ4v) is 3.36. The van der Waals surface area contributed by atoms with Crippen molar-refractivity contribution in [1.82, 2.24) is 0 Å². The van der Waals surface area contributed by atoms with Gasteiger partial charge in [-0.3, -0.25) is 0 Å². The molecule has 0 aromatic heterocycles. The molecule has 2 nitrogen and oxygen atoms in total. The molecule has 1 fully saturated rings. The standard InChI is InChI=1S/C12H13BrN2S/c13-10-1-3-11(4-2-10)15-12(7-14)9-5-6-16-8-9/h1-4,9,12,15H,5-6,8H2. The van der Waals surface area contributed by atoms with E-state index in [0.717, 1.165) is 22.3 Å². The van der Waals surface area contributed by atoms with Gasteiger partial charge in [0.2, 0.25) is 0 Å². The highest BCUT2D eigenvalue weighted by molar-refractivity contribution is 9.10. The molecule has 0 spiro atoms. The average molecular weight is 297 g/mol. The SMILES string of the molecule is N#CC(Nc1ccc(Br)cc1)C1CCSC1. The Morgan fingerprint density at radius 1 is 1.44 bits per heavy atom. The molecular weight excluding hydrogens is 284 g/mol. The first kappa shape index (κ1) is 11.8. The van der Waals surface area contributed by atoms with Crippen molar-refractivity contribution in [2.45, 2.75) is 12.5 Å². The maximum atomic E-state index is 9.17. The van der Waals surface area contributed by atoms with Gasteiger partial charge in [0.05, 0.1) is 6.07 Å². The van der Waals surface area contributed by atoms with Crippen LogP contribution in [0, 0.1) is 17.2 Å². The Hall–Kier alpha value is -0.660. The average Bonchev–Trinajstić information content (AvgIpc) is 2.82. The molecule has 1 aromatic carbocycles. The van der Waals surface area contributed by atoms with Crippen LogP contribution in [0.1, 0.15) is 6.42 Å². The minimum atomic E-state index is -0.0591. The van der Waals surface area contributed by atoms with Crippen LogP contribution < -0.4 is 5.32 Å². The van der Waals surface area contributed by atoms with Gasteiger partial charge in [-0.05, 0) is 42.2 Å². The molecule has 1 heterocycles. The van der Waals surface area contributed by atoms with E-state index in [1.807, 2.05) is 36.0 Å². The number of hydrogen-bond donors (Lipinski definition) is 1. The number of rotatable bonds is 3. The maximum absolute atomic E-state index is 9.17. The molecule has 1 saturated heterocycles. The Labute approximate surface area is 109 Å². The van der Waals surface area contributed by atoms with Crippen LogP contribution in [0.3, 0.4) is 0 Å². The van der Waals surface area contributed by atoms with Crippen molar-refractivity contribution < 1.29 is 0 Å². The first-order valence-corrected chi connectivity index (χ1v) is 7.24. The zero-order valence-electron chi connectivity index (χ0n) is 8.82. The van der Waals surface area contributed by atoms with E-state index in [1.54, 1.807) is 0 Å². The van der Waals surface area contributed by atoms with E-state index in [4.69, 9.17) is 0 Å². The van der Waals surface area contributed by atoms with E-state index in [1.165, 1.54) is 5.75 Å². The van der Waals surface area contributed by atoms with Crippen LogP contribution in [-0.4, -0.2) is 17.5 Å². The first-order valence-electron chi connectivity index (χ1n) is 5.29. The monoisotopic (exact) mass is 296 g/mol. The van der Waals surface area contributed by atoms with Crippen molar-refractivity contribution in [3.63, 3.8) is 0 Å². The fraction of sp³-hybridized carbons (Fsp3) is 0.417. The molecule has 0 radical (unpaired) electrons. The molecule has 0 saturated carbocycles. The van der Waals surface area contributed by atoms with Crippen molar-refractivity contribution in [1.29, 1.82) is 5.26 Å². The Morgan fingerprint density at radius 2 is 2.19 bits per heavy atom. The van der Waals surface area contributed by atoms with E-state index in [-0.39, 0.29) is 6.04 Å². The molecule has 2 unspecified atom stereocenters. The highest BCUT2D eigenvalue weighted by Gasteiger charge is 2.25. The van der Waals surface area contributed by atoms with Crippen LogP contribution in [-0.2, 0) is 0 Å². The van der Waals surface area contributed by atoms with E-state index < -0.39 is 0 Å². The number of hydrogen-bond acceptors (Lipinski definition) is 3. The summed E-state index contributed by atoms with van der Waals surface area (Å²) in [4.78, 5) is 0. The van der Waals surface area contributed by atoms with Crippen LogP contribution in [0.15, 0.2) is 28.7 Å². The van der Waals surface area contributed by atoms with Crippen LogP contribution in [0.4, 0.5) is 5.69 Å². The van der Waals surface area contributed by atoms with Gasteiger partial charge in [-0.25, -0.2) is 0 Å². The molecule has 0 bridgehead atoms. The van der Waals surface area contributed by atoms with Crippen molar-refractivity contribution in [2.75, 3.05) is 16.8 Å². The molecule has 2 rings (SSSR count). The maximum Gasteiger partial charge on any atom is 0.118 e. The molecule has 2 atom stereocenters. The minimum Gasteiger partial charge on any atom is -0.370 e. The quantitative estimate of drug-likeness (QED) is 0.927. The van der Waals surface area contributed by atoms with Gasteiger partial charge in [0.1, 0.15) is 6.04 Å².